The first kappa shape index (κ1) is 7.83. The average Bonchev–Trinajstić information content (AvgIpc) is 2.47. The van der Waals surface area contributed by atoms with Crippen LogP contribution in [0.5, 0.6) is 0 Å². The Kier molecular flexibility index (Phi) is 2.15. The third-order valence-corrected chi connectivity index (χ3v) is 2.36. The van der Waals surface area contributed by atoms with E-state index in [1.54, 1.807) is 0 Å². The lowest BCUT2D eigenvalue weighted by Gasteiger charge is -2.32. The van der Waals surface area contributed by atoms with Crippen LogP contribution in [0, 0.1) is 0 Å². The van der Waals surface area contributed by atoms with Gasteiger partial charge in [-0.15, -0.1) is 0 Å². The van der Waals surface area contributed by atoms with Crippen molar-refractivity contribution in [3.05, 3.63) is 24.0 Å². The number of aromatic amines is 1. The standard InChI is InChI=1S/C9H14N2O/c12-9-4-8(5-9)11-6-7-2-1-3-10-7/h1-3,8-12H,4-6H2. The summed E-state index contributed by atoms with van der Waals surface area (Å²) in [6.45, 7) is 0.879. The fourth-order valence-electron chi connectivity index (χ4n) is 1.49. The first-order valence-electron chi connectivity index (χ1n) is 4.38. The SMILES string of the molecule is OC1CC(NCc2ccc[nH]2)C1. The van der Waals surface area contributed by atoms with Gasteiger partial charge in [0.2, 0.25) is 0 Å². The van der Waals surface area contributed by atoms with E-state index in [0.29, 0.717) is 6.04 Å². The largest absolute Gasteiger partial charge is 0.393 e. The second kappa shape index (κ2) is 3.29. The summed E-state index contributed by atoms with van der Waals surface area (Å²) >= 11 is 0. The van der Waals surface area contributed by atoms with E-state index < -0.39 is 0 Å². The highest BCUT2D eigenvalue weighted by Gasteiger charge is 2.26. The average molecular weight is 166 g/mol. The van der Waals surface area contributed by atoms with Crippen molar-refractivity contribution in [1.29, 1.82) is 0 Å². The van der Waals surface area contributed by atoms with Gasteiger partial charge in [0.1, 0.15) is 0 Å². The highest BCUT2D eigenvalue weighted by atomic mass is 16.3. The maximum atomic E-state index is 9.03. The second-order valence-corrected chi connectivity index (χ2v) is 3.40. The van der Waals surface area contributed by atoms with Gasteiger partial charge in [-0.1, -0.05) is 0 Å². The monoisotopic (exact) mass is 166 g/mol. The Morgan fingerprint density at radius 3 is 3.00 bits per heavy atom. The maximum absolute atomic E-state index is 9.03. The Morgan fingerprint density at radius 2 is 2.42 bits per heavy atom. The summed E-state index contributed by atoms with van der Waals surface area (Å²) in [5.74, 6) is 0. The molecule has 12 heavy (non-hydrogen) atoms. The molecule has 1 saturated carbocycles. The molecule has 0 bridgehead atoms. The number of hydrogen-bond donors (Lipinski definition) is 3. The summed E-state index contributed by atoms with van der Waals surface area (Å²) in [5, 5.41) is 12.4. The number of aliphatic hydroxyl groups excluding tert-OH is 1. The molecule has 1 aliphatic carbocycles. The van der Waals surface area contributed by atoms with Gasteiger partial charge in [-0.2, -0.15) is 0 Å². The van der Waals surface area contributed by atoms with Gasteiger partial charge in [-0.3, -0.25) is 0 Å². The van der Waals surface area contributed by atoms with Crippen LogP contribution in [0.4, 0.5) is 0 Å². The van der Waals surface area contributed by atoms with Gasteiger partial charge in [-0.25, -0.2) is 0 Å². The molecule has 66 valence electrons. The van der Waals surface area contributed by atoms with Crippen LogP contribution in [0.1, 0.15) is 18.5 Å². The van der Waals surface area contributed by atoms with E-state index >= 15 is 0 Å². The minimum absolute atomic E-state index is 0.0638. The number of aliphatic hydroxyl groups is 1. The maximum Gasteiger partial charge on any atom is 0.0570 e. The van der Waals surface area contributed by atoms with Crippen LogP contribution < -0.4 is 5.32 Å². The van der Waals surface area contributed by atoms with E-state index in [1.165, 1.54) is 5.69 Å². The Hall–Kier alpha value is -0.800. The van der Waals surface area contributed by atoms with Crippen molar-refractivity contribution < 1.29 is 5.11 Å². The Bertz CT molecular complexity index is 227. The predicted molar refractivity (Wildman–Crippen MR) is 46.7 cm³/mol. The molecule has 2 rings (SSSR count). The molecule has 3 nitrogen and oxygen atoms in total. The van der Waals surface area contributed by atoms with Gasteiger partial charge < -0.3 is 15.4 Å². The summed E-state index contributed by atoms with van der Waals surface area (Å²) < 4.78 is 0. The van der Waals surface area contributed by atoms with Gasteiger partial charge in [0, 0.05) is 24.5 Å². The number of aromatic nitrogens is 1. The second-order valence-electron chi connectivity index (χ2n) is 3.40. The molecule has 0 radical (unpaired) electrons. The van der Waals surface area contributed by atoms with Crippen LogP contribution in [0.25, 0.3) is 0 Å². The molecule has 1 aromatic rings. The summed E-state index contributed by atoms with van der Waals surface area (Å²) in [6.07, 6.45) is 3.67. The smallest absolute Gasteiger partial charge is 0.0570 e. The van der Waals surface area contributed by atoms with Gasteiger partial charge in [0.05, 0.1) is 6.10 Å². The molecular formula is C9H14N2O. The van der Waals surface area contributed by atoms with E-state index in [9.17, 15) is 0 Å². The van der Waals surface area contributed by atoms with Crippen LogP contribution >= 0.6 is 0 Å². The Labute approximate surface area is 71.8 Å². The van der Waals surface area contributed by atoms with Gasteiger partial charge >= 0.3 is 0 Å². The summed E-state index contributed by atoms with van der Waals surface area (Å²) in [5.41, 5.74) is 1.20. The van der Waals surface area contributed by atoms with Crippen LogP contribution in [-0.4, -0.2) is 22.2 Å². The molecule has 1 aromatic heterocycles. The van der Waals surface area contributed by atoms with Gasteiger partial charge in [-0.05, 0) is 25.0 Å². The first-order valence-corrected chi connectivity index (χ1v) is 4.38. The van der Waals surface area contributed by atoms with Crippen LogP contribution in [-0.2, 0) is 6.54 Å². The molecule has 0 aliphatic heterocycles. The topological polar surface area (TPSA) is 48.0 Å². The number of hydrogen-bond acceptors (Lipinski definition) is 2. The molecule has 1 aliphatic rings. The predicted octanol–water partition coefficient (Wildman–Crippen LogP) is 0.628. The highest BCUT2D eigenvalue weighted by molar-refractivity contribution is 5.03. The molecule has 3 heteroatoms. The van der Waals surface area contributed by atoms with Gasteiger partial charge in [0.15, 0.2) is 0 Å². The van der Waals surface area contributed by atoms with E-state index in [4.69, 9.17) is 5.11 Å². The highest BCUT2D eigenvalue weighted by Crippen LogP contribution is 2.19. The van der Waals surface area contributed by atoms with Crippen molar-refractivity contribution in [3.63, 3.8) is 0 Å². The number of rotatable bonds is 3. The lowest BCUT2D eigenvalue weighted by molar-refractivity contribution is 0.0618. The molecule has 0 spiro atoms. The zero-order chi connectivity index (χ0) is 8.39. The van der Waals surface area contributed by atoms with Crippen LogP contribution in [0.2, 0.25) is 0 Å². The van der Waals surface area contributed by atoms with Crippen molar-refractivity contribution in [3.8, 4) is 0 Å². The lowest BCUT2D eigenvalue weighted by Crippen LogP contribution is -2.43. The molecule has 0 aromatic carbocycles. The van der Waals surface area contributed by atoms with Crippen molar-refractivity contribution in [2.45, 2.75) is 31.5 Å². The quantitative estimate of drug-likeness (QED) is 0.616. The molecule has 0 amide bonds. The lowest BCUT2D eigenvalue weighted by atomic mass is 9.89. The zero-order valence-electron chi connectivity index (χ0n) is 6.96. The Morgan fingerprint density at radius 1 is 1.58 bits per heavy atom. The minimum Gasteiger partial charge on any atom is -0.393 e. The van der Waals surface area contributed by atoms with Crippen molar-refractivity contribution in [1.82, 2.24) is 10.3 Å². The van der Waals surface area contributed by atoms with Crippen molar-refractivity contribution >= 4 is 0 Å². The van der Waals surface area contributed by atoms with Crippen molar-refractivity contribution in [2.75, 3.05) is 0 Å². The number of nitrogens with one attached hydrogen (secondary N) is 2. The molecule has 1 heterocycles. The van der Waals surface area contributed by atoms with Crippen LogP contribution in [0.3, 0.4) is 0 Å². The summed E-state index contributed by atoms with van der Waals surface area (Å²) in [4.78, 5) is 3.13. The fourth-order valence-corrected chi connectivity index (χ4v) is 1.49. The van der Waals surface area contributed by atoms with E-state index in [2.05, 4.69) is 16.4 Å². The summed E-state index contributed by atoms with van der Waals surface area (Å²) in [6, 6.07) is 4.57. The van der Waals surface area contributed by atoms with Crippen LogP contribution in [0.15, 0.2) is 18.3 Å². The molecule has 0 unspecified atom stereocenters. The third-order valence-electron chi connectivity index (χ3n) is 2.36. The molecule has 0 atom stereocenters. The molecule has 1 fully saturated rings. The van der Waals surface area contributed by atoms with E-state index in [-0.39, 0.29) is 6.10 Å². The minimum atomic E-state index is -0.0638. The third kappa shape index (κ3) is 1.68. The normalized spacial score (nSPS) is 28.4. The van der Waals surface area contributed by atoms with E-state index in [1.807, 2.05) is 12.3 Å². The van der Waals surface area contributed by atoms with Crippen molar-refractivity contribution in [2.24, 2.45) is 0 Å². The summed E-state index contributed by atoms with van der Waals surface area (Å²) in [7, 11) is 0. The first-order chi connectivity index (χ1) is 5.84. The fraction of sp³-hybridized carbons (Fsp3) is 0.556. The van der Waals surface area contributed by atoms with Gasteiger partial charge in [0.25, 0.3) is 0 Å². The Balaban J connectivity index is 1.70. The molecule has 0 saturated heterocycles. The molecular weight excluding hydrogens is 152 g/mol. The van der Waals surface area contributed by atoms with E-state index in [0.717, 1.165) is 19.4 Å². The number of H-pyrrole nitrogens is 1. The zero-order valence-corrected chi connectivity index (χ0v) is 6.96. The molecule has 3 N–H and O–H groups in total.